The quantitative estimate of drug-likeness (QED) is 0.808. The Balaban J connectivity index is 3.14. The first-order valence-corrected chi connectivity index (χ1v) is 4.19. The van der Waals surface area contributed by atoms with Gasteiger partial charge in [0.1, 0.15) is 5.15 Å². The van der Waals surface area contributed by atoms with E-state index in [9.17, 15) is 13.2 Å². The Morgan fingerprint density at radius 3 is 2.53 bits per heavy atom. The van der Waals surface area contributed by atoms with E-state index in [-0.39, 0.29) is 11.0 Å². The van der Waals surface area contributed by atoms with Gasteiger partial charge in [-0.05, 0) is 12.1 Å². The summed E-state index contributed by atoms with van der Waals surface area (Å²) in [6.45, 7) is 0. The minimum atomic E-state index is -4.76. The molecule has 1 N–H and O–H groups in total. The van der Waals surface area contributed by atoms with Gasteiger partial charge in [0, 0.05) is 0 Å². The minimum Gasteiger partial charge on any atom is -0.481 e. The summed E-state index contributed by atoms with van der Waals surface area (Å²) in [5.74, 6) is -0.340. The molecule has 0 aliphatic heterocycles. The zero-order valence-corrected chi connectivity index (χ0v) is 8.30. The van der Waals surface area contributed by atoms with Crippen molar-refractivity contribution in [1.29, 1.82) is 0 Å². The molecular formula is C8H7ClF3NO2. The molecule has 1 rings (SSSR count). The number of aromatic nitrogens is 1. The summed E-state index contributed by atoms with van der Waals surface area (Å²) in [6, 6.07) is 2.17. The fourth-order valence-corrected chi connectivity index (χ4v) is 1.12. The van der Waals surface area contributed by atoms with Crippen molar-refractivity contribution < 1.29 is 23.0 Å². The zero-order valence-electron chi connectivity index (χ0n) is 7.55. The van der Waals surface area contributed by atoms with Crippen LogP contribution in [0.25, 0.3) is 0 Å². The van der Waals surface area contributed by atoms with Crippen LogP contribution in [0.3, 0.4) is 0 Å². The standard InChI is InChI=1S/C8H7ClF3NO2/c1-15-7-4(2-3-5(9)13-7)6(14)8(10,11)12/h2-3,6,14H,1H3/t6-/m0/s1. The molecule has 0 aliphatic rings. The Hall–Kier alpha value is -1.01. The molecule has 84 valence electrons. The first-order valence-electron chi connectivity index (χ1n) is 3.81. The van der Waals surface area contributed by atoms with Crippen LogP contribution >= 0.6 is 11.6 Å². The van der Waals surface area contributed by atoms with E-state index in [0.29, 0.717) is 0 Å². The molecule has 0 bridgehead atoms. The SMILES string of the molecule is COc1nc(Cl)ccc1[C@H](O)C(F)(F)F. The van der Waals surface area contributed by atoms with Crippen molar-refractivity contribution in [3.05, 3.63) is 22.8 Å². The van der Waals surface area contributed by atoms with E-state index in [0.717, 1.165) is 19.2 Å². The first-order chi connectivity index (χ1) is 6.86. The van der Waals surface area contributed by atoms with Crippen molar-refractivity contribution in [3.63, 3.8) is 0 Å². The molecule has 0 amide bonds. The molecule has 0 unspecified atom stereocenters. The van der Waals surface area contributed by atoms with Gasteiger partial charge >= 0.3 is 6.18 Å². The van der Waals surface area contributed by atoms with E-state index in [1.807, 2.05) is 0 Å². The highest BCUT2D eigenvalue weighted by atomic mass is 35.5. The number of aliphatic hydroxyl groups is 1. The highest BCUT2D eigenvalue weighted by Crippen LogP contribution is 2.36. The van der Waals surface area contributed by atoms with E-state index in [2.05, 4.69) is 9.72 Å². The van der Waals surface area contributed by atoms with Crippen LogP contribution in [0.1, 0.15) is 11.7 Å². The maximum Gasteiger partial charge on any atom is 0.418 e. The topological polar surface area (TPSA) is 42.4 Å². The molecule has 1 aromatic rings. The van der Waals surface area contributed by atoms with Gasteiger partial charge in [0.05, 0.1) is 12.7 Å². The van der Waals surface area contributed by atoms with Gasteiger partial charge in [-0.15, -0.1) is 0 Å². The summed E-state index contributed by atoms with van der Waals surface area (Å²) in [7, 11) is 1.14. The molecule has 0 saturated heterocycles. The smallest absolute Gasteiger partial charge is 0.418 e. The van der Waals surface area contributed by atoms with Crippen LogP contribution in [-0.4, -0.2) is 23.4 Å². The van der Waals surface area contributed by atoms with Gasteiger partial charge in [-0.25, -0.2) is 4.98 Å². The first kappa shape index (κ1) is 12.1. The summed E-state index contributed by atoms with van der Waals surface area (Å²) in [4.78, 5) is 3.51. The van der Waals surface area contributed by atoms with Crippen LogP contribution < -0.4 is 4.74 Å². The van der Waals surface area contributed by atoms with Gasteiger partial charge < -0.3 is 9.84 Å². The summed E-state index contributed by atoms with van der Waals surface area (Å²) < 4.78 is 41.1. The molecule has 15 heavy (non-hydrogen) atoms. The van der Waals surface area contributed by atoms with E-state index < -0.39 is 17.8 Å². The molecule has 0 saturated carbocycles. The van der Waals surface area contributed by atoms with E-state index in [4.69, 9.17) is 16.7 Å². The number of aliphatic hydroxyl groups excluding tert-OH is 1. The average molecular weight is 242 g/mol. The fourth-order valence-electron chi connectivity index (χ4n) is 0.977. The number of rotatable bonds is 2. The summed E-state index contributed by atoms with van der Waals surface area (Å²) in [5, 5.41) is 8.96. The zero-order chi connectivity index (χ0) is 11.6. The predicted molar refractivity (Wildman–Crippen MR) is 46.8 cm³/mol. The molecule has 0 aromatic carbocycles. The number of nitrogens with zero attached hydrogens (tertiary/aromatic N) is 1. The molecule has 0 spiro atoms. The molecule has 7 heteroatoms. The van der Waals surface area contributed by atoms with Gasteiger partial charge in [-0.1, -0.05) is 11.6 Å². The number of hydrogen-bond donors (Lipinski definition) is 1. The molecule has 1 heterocycles. The van der Waals surface area contributed by atoms with Crippen LogP contribution in [0.2, 0.25) is 5.15 Å². The fraction of sp³-hybridized carbons (Fsp3) is 0.375. The molecular weight excluding hydrogens is 235 g/mol. The number of hydrogen-bond acceptors (Lipinski definition) is 3. The maximum absolute atomic E-state index is 12.2. The molecule has 0 radical (unpaired) electrons. The Morgan fingerprint density at radius 1 is 1.47 bits per heavy atom. The summed E-state index contributed by atoms with van der Waals surface area (Å²) in [6.07, 6.45) is -7.39. The van der Waals surface area contributed by atoms with Gasteiger partial charge in [-0.2, -0.15) is 13.2 Å². The number of alkyl halides is 3. The van der Waals surface area contributed by atoms with Crippen LogP contribution in [0.4, 0.5) is 13.2 Å². The molecule has 3 nitrogen and oxygen atoms in total. The van der Waals surface area contributed by atoms with Crippen molar-refractivity contribution in [2.75, 3.05) is 7.11 Å². The van der Waals surface area contributed by atoms with Gasteiger partial charge in [0.15, 0.2) is 6.10 Å². The molecule has 1 atom stereocenters. The Morgan fingerprint density at radius 2 is 2.07 bits per heavy atom. The Bertz CT molecular complexity index is 356. The lowest BCUT2D eigenvalue weighted by atomic mass is 10.1. The van der Waals surface area contributed by atoms with Crippen molar-refractivity contribution in [2.45, 2.75) is 12.3 Å². The van der Waals surface area contributed by atoms with Crippen LogP contribution in [0.5, 0.6) is 5.88 Å². The molecule has 0 aliphatic carbocycles. The third-order valence-corrected chi connectivity index (χ3v) is 1.86. The van der Waals surface area contributed by atoms with Gasteiger partial charge in [-0.3, -0.25) is 0 Å². The van der Waals surface area contributed by atoms with Gasteiger partial charge in [0.2, 0.25) is 5.88 Å². The maximum atomic E-state index is 12.2. The summed E-state index contributed by atoms with van der Waals surface area (Å²) in [5.41, 5.74) is -0.464. The van der Waals surface area contributed by atoms with Crippen molar-refractivity contribution in [2.24, 2.45) is 0 Å². The predicted octanol–water partition coefficient (Wildman–Crippen LogP) is 2.34. The van der Waals surface area contributed by atoms with Crippen LogP contribution in [0, 0.1) is 0 Å². The number of pyridine rings is 1. The Labute approximate surface area is 88.5 Å². The Kier molecular flexibility index (Phi) is 3.41. The lowest BCUT2D eigenvalue weighted by Crippen LogP contribution is -2.21. The average Bonchev–Trinajstić information content (AvgIpc) is 2.15. The van der Waals surface area contributed by atoms with Crippen LogP contribution in [-0.2, 0) is 0 Å². The van der Waals surface area contributed by atoms with Crippen molar-refractivity contribution >= 4 is 11.6 Å². The van der Waals surface area contributed by atoms with Crippen molar-refractivity contribution in [1.82, 2.24) is 4.98 Å². The monoisotopic (exact) mass is 241 g/mol. The molecule has 0 fully saturated rings. The third kappa shape index (κ3) is 2.73. The second-order valence-electron chi connectivity index (χ2n) is 2.68. The normalized spacial score (nSPS) is 13.7. The summed E-state index contributed by atoms with van der Waals surface area (Å²) >= 11 is 5.46. The largest absolute Gasteiger partial charge is 0.481 e. The minimum absolute atomic E-state index is 0.00928. The van der Waals surface area contributed by atoms with E-state index in [1.54, 1.807) is 0 Å². The van der Waals surface area contributed by atoms with Crippen LogP contribution in [0.15, 0.2) is 12.1 Å². The molecule has 1 aromatic heterocycles. The second kappa shape index (κ2) is 4.24. The van der Waals surface area contributed by atoms with Gasteiger partial charge in [0.25, 0.3) is 0 Å². The second-order valence-corrected chi connectivity index (χ2v) is 3.06. The third-order valence-electron chi connectivity index (χ3n) is 1.65. The number of halogens is 4. The highest BCUT2D eigenvalue weighted by Gasteiger charge is 2.41. The van der Waals surface area contributed by atoms with E-state index >= 15 is 0 Å². The highest BCUT2D eigenvalue weighted by molar-refractivity contribution is 6.29. The lowest BCUT2D eigenvalue weighted by Gasteiger charge is -2.16. The number of ether oxygens (including phenoxy) is 1. The number of methoxy groups -OCH3 is 1. The van der Waals surface area contributed by atoms with Crippen molar-refractivity contribution in [3.8, 4) is 5.88 Å². The van der Waals surface area contributed by atoms with E-state index in [1.165, 1.54) is 0 Å². The lowest BCUT2D eigenvalue weighted by molar-refractivity contribution is -0.207.